The van der Waals surface area contributed by atoms with E-state index in [9.17, 15) is 4.79 Å². The summed E-state index contributed by atoms with van der Waals surface area (Å²) in [5, 5.41) is 15.3. The molecule has 4 N–H and O–H groups in total. The summed E-state index contributed by atoms with van der Waals surface area (Å²) >= 11 is 1.17. The molecule has 11 heteroatoms. The Morgan fingerprint density at radius 2 is 1.97 bits per heavy atom. The molecule has 31 heavy (non-hydrogen) atoms. The topological polar surface area (TPSA) is 129 Å². The molecule has 3 rings (SSSR count). The number of rotatable bonds is 9. The molecule has 1 aromatic heterocycles. The van der Waals surface area contributed by atoms with Crippen molar-refractivity contribution < 1.29 is 14.3 Å². The van der Waals surface area contributed by atoms with Crippen molar-refractivity contribution in [2.75, 3.05) is 36.6 Å². The number of hydrogen-bond donors (Lipinski definition) is 3. The highest BCUT2D eigenvalue weighted by molar-refractivity contribution is 7.99. The molecule has 0 unspecified atom stereocenters. The van der Waals surface area contributed by atoms with Gasteiger partial charge in [-0.25, -0.2) is 10.1 Å². The Morgan fingerprint density at radius 3 is 2.71 bits per heavy atom. The van der Waals surface area contributed by atoms with Crippen molar-refractivity contribution in [3.05, 3.63) is 53.6 Å². The minimum absolute atomic E-state index is 0.137. The minimum Gasteiger partial charge on any atom is -0.493 e. The van der Waals surface area contributed by atoms with E-state index in [1.54, 1.807) is 32.6 Å². The third-order valence-corrected chi connectivity index (χ3v) is 5.14. The fourth-order valence-electron chi connectivity index (χ4n) is 2.58. The maximum absolute atomic E-state index is 12.2. The Kier molecular flexibility index (Phi) is 7.33. The van der Waals surface area contributed by atoms with Gasteiger partial charge in [0, 0.05) is 5.69 Å². The van der Waals surface area contributed by atoms with Crippen LogP contribution in [0.1, 0.15) is 11.1 Å². The van der Waals surface area contributed by atoms with Crippen LogP contribution < -0.4 is 26.1 Å². The van der Waals surface area contributed by atoms with Crippen molar-refractivity contribution in [1.29, 1.82) is 0 Å². The number of para-hydroxylation sites is 1. The summed E-state index contributed by atoms with van der Waals surface area (Å²) in [4.78, 5) is 12.2. The number of benzene rings is 2. The number of thioether (sulfide) groups is 1. The predicted molar refractivity (Wildman–Crippen MR) is 121 cm³/mol. The predicted octanol–water partition coefficient (Wildman–Crippen LogP) is 2.49. The lowest BCUT2D eigenvalue weighted by Gasteiger charge is -2.08. The summed E-state index contributed by atoms with van der Waals surface area (Å²) in [6, 6.07) is 13.0. The fraction of sp³-hybridized carbons (Fsp3) is 0.200. The first-order valence-corrected chi connectivity index (χ1v) is 10.2. The number of carbonyl (C=O) groups is 1. The monoisotopic (exact) mass is 441 g/mol. The Bertz CT molecular complexity index is 1080. The number of nitrogen functional groups attached to an aromatic ring is 1. The third-order valence-electron chi connectivity index (χ3n) is 4.20. The van der Waals surface area contributed by atoms with Gasteiger partial charge < -0.3 is 20.6 Å². The summed E-state index contributed by atoms with van der Waals surface area (Å²) in [5.74, 6) is 7.42. The molecule has 0 radical (unpaired) electrons. The van der Waals surface area contributed by atoms with Crippen LogP contribution in [-0.4, -0.2) is 47.0 Å². The number of aryl methyl sites for hydroxylation is 1. The molecule has 0 aliphatic heterocycles. The molecule has 0 spiro atoms. The van der Waals surface area contributed by atoms with Crippen molar-refractivity contribution in [1.82, 2.24) is 14.9 Å². The molecule has 0 bridgehead atoms. The quantitative estimate of drug-likeness (QED) is 0.200. The van der Waals surface area contributed by atoms with Gasteiger partial charge >= 0.3 is 0 Å². The van der Waals surface area contributed by atoms with E-state index in [0.717, 1.165) is 16.8 Å². The Hall–Kier alpha value is -3.73. The van der Waals surface area contributed by atoms with E-state index in [1.807, 2.05) is 37.3 Å². The number of methoxy groups -OCH3 is 2. The Morgan fingerprint density at radius 1 is 1.19 bits per heavy atom. The van der Waals surface area contributed by atoms with Gasteiger partial charge in [0.15, 0.2) is 11.5 Å². The van der Waals surface area contributed by atoms with Gasteiger partial charge in [-0.3, -0.25) is 4.79 Å². The molecule has 3 aromatic rings. The molecular formula is C20H23N7O3S. The second kappa shape index (κ2) is 10.3. The number of nitrogens with two attached hydrogens (primary N) is 1. The van der Waals surface area contributed by atoms with Crippen molar-refractivity contribution in [3.63, 3.8) is 0 Å². The van der Waals surface area contributed by atoms with Crippen LogP contribution in [0.3, 0.4) is 0 Å². The van der Waals surface area contributed by atoms with E-state index in [0.29, 0.717) is 16.7 Å². The van der Waals surface area contributed by atoms with Gasteiger partial charge in [-0.2, -0.15) is 5.10 Å². The standard InChI is InChI=1S/C20H23N7O3S/c1-13-6-4-5-7-15(13)23-18(28)12-31-20-26-25-19(27(20)21)24-22-11-14-8-9-16(29-2)17(10-14)30-3/h4-11H,12,21H2,1-3H3,(H,23,28)(H,24,25)/b22-11+. The van der Waals surface area contributed by atoms with Gasteiger partial charge in [0.05, 0.1) is 26.2 Å². The molecule has 0 saturated heterocycles. The van der Waals surface area contributed by atoms with E-state index in [-0.39, 0.29) is 17.6 Å². The van der Waals surface area contributed by atoms with Crippen molar-refractivity contribution in [2.45, 2.75) is 12.1 Å². The zero-order valence-electron chi connectivity index (χ0n) is 17.3. The van der Waals surface area contributed by atoms with Gasteiger partial charge in [-0.05, 0) is 42.3 Å². The summed E-state index contributed by atoms with van der Waals surface area (Å²) < 4.78 is 11.7. The lowest BCUT2D eigenvalue weighted by Crippen LogP contribution is -2.17. The summed E-state index contributed by atoms with van der Waals surface area (Å²) in [5.41, 5.74) is 5.28. The zero-order chi connectivity index (χ0) is 22.2. The van der Waals surface area contributed by atoms with Crippen LogP contribution in [0.5, 0.6) is 11.5 Å². The van der Waals surface area contributed by atoms with Crippen LogP contribution in [-0.2, 0) is 4.79 Å². The number of anilines is 2. The molecule has 0 aliphatic carbocycles. The molecule has 0 fully saturated rings. The van der Waals surface area contributed by atoms with Gasteiger partial charge in [-0.1, -0.05) is 30.0 Å². The SMILES string of the molecule is COc1ccc(/C=N/Nc2nnc(SCC(=O)Nc3ccccc3C)n2N)cc1OC. The number of amides is 1. The highest BCUT2D eigenvalue weighted by Crippen LogP contribution is 2.27. The van der Waals surface area contributed by atoms with Crippen LogP contribution in [0.25, 0.3) is 0 Å². The van der Waals surface area contributed by atoms with Gasteiger partial charge in [0.25, 0.3) is 5.95 Å². The van der Waals surface area contributed by atoms with Crippen LogP contribution in [0.15, 0.2) is 52.7 Å². The Labute approximate surface area is 183 Å². The van der Waals surface area contributed by atoms with Crippen LogP contribution >= 0.6 is 11.8 Å². The van der Waals surface area contributed by atoms with E-state index in [1.165, 1.54) is 16.4 Å². The summed E-state index contributed by atoms with van der Waals surface area (Å²) in [6.45, 7) is 1.93. The van der Waals surface area contributed by atoms with Gasteiger partial charge in [0.1, 0.15) is 0 Å². The Balaban J connectivity index is 1.56. The number of nitrogens with zero attached hydrogens (tertiary/aromatic N) is 4. The molecular weight excluding hydrogens is 418 g/mol. The molecule has 0 saturated carbocycles. The van der Waals surface area contributed by atoms with Crippen molar-refractivity contribution in [2.24, 2.45) is 5.10 Å². The number of hydrazone groups is 1. The van der Waals surface area contributed by atoms with Crippen molar-refractivity contribution >= 4 is 35.5 Å². The number of ether oxygens (including phenoxy) is 2. The van der Waals surface area contributed by atoms with Crippen molar-refractivity contribution in [3.8, 4) is 11.5 Å². The number of aromatic nitrogens is 3. The van der Waals surface area contributed by atoms with Crippen LogP contribution in [0.4, 0.5) is 11.6 Å². The second-order valence-electron chi connectivity index (χ2n) is 6.31. The van der Waals surface area contributed by atoms with E-state index >= 15 is 0 Å². The third kappa shape index (κ3) is 5.66. The zero-order valence-corrected chi connectivity index (χ0v) is 18.1. The van der Waals surface area contributed by atoms with Gasteiger partial charge in [-0.15, -0.1) is 10.2 Å². The molecule has 1 heterocycles. The van der Waals surface area contributed by atoms with E-state index < -0.39 is 0 Å². The lowest BCUT2D eigenvalue weighted by molar-refractivity contribution is -0.113. The number of carbonyl (C=O) groups excluding carboxylic acids is 1. The minimum atomic E-state index is -0.164. The molecule has 1 amide bonds. The summed E-state index contributed by atoms with van der Waals surface area (Å²) in [6.07, 6.45) is 1.58. The smallest absolute Gasteiger partial charge is 0.264 e. The van der Waals surface area contributed by atoms with Crippen LogP contribution in [0, 0.1) is 6.92 Å². The number of hydrogen-bond acceptors (Lipinski definition) is 9. The molecule has 0 aliphatic rings. The average Bonchev–Trinajstić information content (AvgIpc) is 3.13. The average molecular weight is 442 g/mol. The normalized spacial score (nSPS) is 10.8. The summed E-state index contributed by atoms with van der Waals surface area (Å²) in [7, 11) is 3.14. The second-order valence-corrected chi connectivity index (χ2v) is 7.25. The largest absolute Gasteiger partial charge is 0.493 e. The molecule has 2 aromatic carbocycles. The molecule has 162 valence electrons. The first-order chi connectivity index (χ1) is 15.0. The number of nitrogens with one attached hydrogen (secondary N) is 2. The first-order valence-electron chi connectivity index (χ1n) is 9.21. The highest BCUT2D eigenvalue weighted by atomic mass is 32.2. The maximum atomic E-state index is 12.2. The lowest BCUT2D eigenvalue weighted by atomic mass is 10.2. The molecule has 10 nitrogen and oxygen atoms in total. The fourth-order valence-corrected chi connectivity index (χ4v) is 3.24. The molecule has 0 atom stereocenters. The maximum Gasteiger partial charge on any atom is 0.264 e. The van der Waals surface area contributed by atoms with E-state index in [4.69, 9.17) is 15.3 Å². The highest BCUT2D eigenvalue weighted by Gasteiger charge is 2.12. The van der Waals surface area contributed by atoms with Crippen LogP contribution in [0.2, 0.25) is 0 Å². The first kappa shape index (κ1) is 22.0. The van der Waals surface area contributed by atoms with E-state index in [2.05, 4.69) is 26.0 Å². The van der Waals surface area contributed by atoms with Gasteiger partial charge in [0.2, 0.25) is 11.1 Å².